The number of nitrogens with zero attached hydrogens (tertiary/aromatic N) is 2. The van der Waals surface area contributed by atoms with E-state index in [2.05, 4.69) is 30.9 Å². The van der Waals surface area contributed by atoms with Crippen LogP contribution in [0.1, 0.15) is 83.0 Å². The molecule has 1 saturated carbocycles. The van der Waals surface area contributed by atoms with Crippen molar-refractivity contribution in [3.63, 3.8) is 0 Å². The quantitative estimate of drug-likeness (QED) is 0.816. The van der Waals surface area contributed by atoms with E-state index in [0.717, 1.165) is 5.89 Å². The molecule has 1 aliphatic carbocycles. The van der Waals surface area contributed by atoms with Gasteiger partial charge in [0.05, 0.1) is 6.04 Å². The average Bonchev–Trinajstić information content (AvgIpc) is 2.62. The zero-order valence-electron chi connectivity index (χ0n) is 11.8. The average molecular weight is 251 g/mol. The minimum absolute atomic E-state index is 0.0371. The van der Waals surface area contributed by atoms with Gasteiger partial charge >= 0.3 is 0 Å². The van der Waals surface area contributed by atoms with Gasteiger partial charge in [-0.25, -0.2) is 0 Å². The number of hydrogen-bond acceptors (Lipinski definition) is 4. The van der Waals surface area contributed by atoms with Crippen LogP contribution in [-0.2, 0) is 0 Å². The third-order valence-corrected chi connectivity index (χ3v) is 3.87. The first-order chi connectivity index (χ1) is 8.48. The van der Waals surface area contributed by atoms with Crippen LogP contribution in [0.25, 0.3) is 0 Å². The highest BCUT2D eigenvalue weighted by Gasteiger charge is 2.28. The van der Waals surface area contributed by atoms with Crippen molar-refractivity contribution < 1.29 is 4.52 Å². The summed E-state index contributed by atoms with van der Waals surface area (Å²) in [5.74, 6) is 1.90. The van der Waals surface area contributed by atoms with Crippen molar-refractivity contribution in [1.29, 1.82) is 0 Å². The van der Waals surface area contributed by atoms with E-state index in [1.165, 1.54) is 38.5 Å². The van der Waals surface area contributed by atoms with E-state index in [0.29, 0.717) is 11.7 Å². The molecule has 1 aromatic rings. The fraction of sp³-hybridized carbons (Fsp3) is 0.857. The van der Waals surface area contributed by atoms with Gasteiger partial charge in [-0.15, -0.1) is 0 Å². The van der Waals surface area contributed by atoms with Gasteiger partial charge in [0, 0.05) is 5.92 Å². The van der Waals surface area contributed by atoms with Gasteiger partial charge in [-0.2, -0.15) is 4.98 Å². The summed E-state index contributed by atoms with van der Waals surface area (Å²) < 4.78 is 5.43. The molecule has 1 aromatic heterocycles. The summed E-state index contributed by atoms with van der Waals surface area (Å²) in [6.07, 6.45) is 7.55. The molecule has 0 saturated heterocycles. The highest BCUT2D eigenvalue weighted by molar-refractivity contribution is 5.01. The molecule has 18 heavy (non-hydrogen) atoms. The predicted octanol–water partition coefficient (Wildman–Crippen LogP) is 3.55. The molecule has 1 fully saturated rings. The van der Waals surface area contributed by atoms with Crippen molar-refractivity contribution in [2.75, 3.05) is 0 Å². The van der Waals surface area contributed by atoms with Crippen molar-refractivity contribution in [3.05, 3.63) is 11.7 Å². The first-order valence-electron chi connectivity index (χ1n) is 7.07. The Bertz CT molecular complexity index is 373. The third-order valence-electron chi connectivity index (χ3n) is 3.87. The topological polar surface area (TPSA) is 64.9 Å². The smallest absolute Gasteiger partial charge is 0.229 e. The Balaban J connectivity index is 2.09. The van der Waals surface area contributed by atoms with Gasteiger partial charge in [-0.3, -0.25) is 0 Å². The molecule has 0 radical (unpaired) electrons. The monoisotopic (exact) mass is 251 g/mol. The van der Waals surface area contributed by atoms with Crippen LogP contribution in [0.5, 0.6) is 0 Å². The Morgan fingerprint density at radius 1 is 1.17 bits per heavy atom. The molecule has 1 heterocycles. The highest BCUT2D eigenvalue weighted by atomic mass is 16.5. The molecule has 1 aliphatic rings. The molecule has 4 nitrogen and oxygen atoms in total. The maximum atomic E-state index is 6.16. The van der Waals surface area contributed by atoms with Crippen LogP contribution in [0.15, 0.2) is 4.52 Å². The Morgan fingerprint density at radius 2 is 1.78 bits per heavy atom. The maximum absolute atomic E-state index is 6.16. The van der Waals surface area contributed by atoms with E-state index in [-0.39, 0.29) is 11.5 Å². The van der Waals surface area contributed by atoms with E-state index in [9.17, 15) is 0 Å². The van der Waals surface area contributed by atoms with Gasteiger partial charge in [0.15, 0.2) is 5.82 Å². The van der Waals surface area contributed by atoms with Crippen LogP contribution < -0.4 is 5.73 Å². The van der Waals surface area contributed by atoms with Gasteiger partial charge in [-0.1, -0.05) is 51.6 Å². The second-order valence-corrected chi connectivity index (χ2v) is 6.52. The molecule has 0 aliphatic heterocycles. The van der Waals surface area contributed by atoms with E-state index < -0.39 is 0 Å². The van der Waals surface area contributed by atoms with Crippen LogP contribution in [0, 0.1) is 5.41 Å². The molecule has 0 spiro atoms. The Kier molecular flexibility index (Phi) is 4.05. The molecule has 2 rings (SSSR count). The molecule has 4 heteroatoms. The minimum atomic E-state index is -0.166. The molecule has 1 unspecified atom stereocenters. The van der Waals surface area contributed by atoms with E-state index >= 15 is 0 Å². The fourth-order valence-corrected chi connectivity index (χ4v) is 2.45. The first kappa shape index (κ1) is 13.5. The standard InChI is InChI=1S/C14H25N3O/c1-14(2,3)11(15)12-16-13(18-17-12)10-8-6-4-5-7-9-10/h10-11H,4-9,15H2,1-3H3. The summed E-state index contributed by atoms with van der Waals surface area (Å²) in [4.78, 5) is 4.54. The van der Waals surface area contributed by atoms with Crippen molar-refractivity contribution >= 4 is 0 Å². The van der Waals surface area contributed by atoms with Crippen molar-refractivity contribution in [1.82, 2.24) is 10.1 Å². The number of hydrogen-bond donors (Lipinski definition) is 1. The third kappa shape index (κ3) is 3.10. The largest absolute Gasteiger partial charge is 0.339 e. The maximum Gasteiger partial charge on any atom is 0.229 e. The van der Waals surface area contributed by atoms with Crippen LogP contribution in [-0.4, -0.2) is 10.1 Å². The van der Waals surface area contributed by atoms with Crippen molar-refractivity contribution in [3.8, 4) is 0 Å². The summed E-state index contributed by atoms with van der Waals surface area (Å²) in [6.45, 7) is 6.29. The molecular formula is C14H25N3O. The number of aromatic nitrogens is 2. The SMILES string of the molecule is CC(C)(C)C(N)c1noc(C2CCCCCC2)n1. The zero-order chi connectivity index (χ0) is 13.2. The van der Waals surface area contributed by atoms with Gasteiger partial charge in [0.25, 0.3) is 0 Å². The first-order valence-corrected chi connectivity index (χ1v) is 7.07. The van der Waals surface area contributed by atoms with Gasteiger partial charge in [-0.05, 0) is 18.3 Å². The Labute approximate surface area is 109 Å². The molecule has 2 N–H and O–H groups in total. The molecule has 102 valence electrons. The number of nitrogens with two attached hydrogens (primary N) is 1. The summed E-state index contributed by atoms with van der Waals surface area (Å²) >= 11 is 0. The summed E-state index contributed by atoms with van der Waals surface area (Å²) in [5.41, 5.74) is 6.12. The van der Waals surface area contributed by atoms with Crippen LogP contribution in [0.3, 0.4) is 0 Å². The normalized spacial score (nSPS) is 20.7. The second-order valence-electron chi connectivity index (χ2n) is 6.52. The molecular weight excluding hydrogens is 226 g/mol. The lowest BCUT2D eigenvalue weighted by atomic mass is 9.87. The van der Waals surface area contributed by atoms with Gasteiger partial charge < -0.3 is 10.3 Å². The van der Waals surface area contributed by atoms with E-state index in [1.807, 2.05) is 0 Å². The van der Waals surface area contributed by atoms with Gasteiger partial charge in [0.2, 0.25) is 5.89 Å². The summed E-state index contributed by atoms with van der Waals surface area (Å²) in [6, 6.07) is -0.166. The lowest BCUT2D eigenvalue weighted by molar-refractivity contribution is 0.296. The summed E-state index contributed by atoms with van der Waals surface area (Å²) in [5, 5.41) is 4.08. The molecule has 0 amide bonds. The highest BCUT2D eigenvalue weighted by Crippen LogP contribution is 2.33. The van der Waals surface area contributed by atoms with Crippen LogP contribution in [0.4, 0.5) is 0 Å². The number of rotatable bonds is 2. The van der Waals surface area contributed by atoms with Crippen LogP contribution >= 0.6 is 0 Å². The minimum Gasteiger partial charge on any atom is -0.339 e. The molecule has 0 bridgehead atoms. The van der Waals surface area contributed by atoms with E-state index in [1.54, 1.807) is 0 Å². The zero-order valence-corrected chi connectivity index (χ0v) is 11.8. The van der Waals surface area contributed by atoms with E-state index in [4.69, 9.17) is 10.3 Å². The Hall–Kier alpha value is -0.900. The Morgan fingerprint density at radius 3 is 2.33 bits per heavy atom. The van der Waals surface area contributed by atoms with Crippen LogP contribution in [0.2, 0.25) is 0 Å². The molecule has 1 atom stereocenters. The molecule has 0 aromatic carbocycles. The second kappa shape index (κ2) is 5.39. The summed E-state index contributed by atoms with van der Waals surface area (Å²) in [7, 11) is 0. The van der Waals surface area contributed by atoms with Crippen molar-refractivity contribution in [2.45, 2.75) is 71.3 Å². The lowest BCUT2D eigenvalue weighted by Crippen LogP contribution is -2.27. The lowest BCUT2D eigenvalue weighted by Gasteiger charge is -2.23. The fourth-order valence-electron chi connectivity index (χ4n) is 2.45. The van der Waals surface area contributed by atoms with Gasteiger partial charge in [0.1, 0.15) is 0 Å². The predicted molar refractivity (Wildman–Crippen MR) is 71.1 cm³/mol. The van der Waals surface area contributed by atoms with Crippen molar-refractivity contribution in [2.24, 2.45) is 11.1 Å².